The zero-order valence-corrected chi connectivity index (χ0v) is 12.5. The molecule has 2 N–H and O–H groups in total. The van der Waals surface area contributed by atoms with Crippen molar-refractivity contribution in [1.82, 2.24) is 5.32 Å². The SMILES string of the molecule is O=C(NC1CCCCC1O)c1cc([N+](=O)[O-])cc(Cl)c1Cl. The quantitative estimate of drug-likeness (QED) is 0.657. The Kier molecular flexibility index (Phi) is 5.03. The van der Waals surface area contributed by atoms with Gasteiger partial charge in [-0.25, -0.2) is 0 Å². The van der Waals surface area contributed by atoms with E-state index in [1.54, 1.807) is 0 Å². The summed E-state index contributed by atoms with van der Waals surface area (Å²) in [6.45, 7) is 0. The molecular weight excluding hydrogens is 319 g/mol. The topological polar surface area (TPSA) is 92.5 Å². The van der Waals surface area contributed by atoms with Gasteiger partial charge < -0.3 is 10.4 Å². The number of nitrogens with zero attached hydrogens (tertiary/aromatic N) is 1. The number of non-ortho nitro benzene ring substituents is 1. The second-order valence-corrected chi connectivity index (χ2v) is 5.76. The molecule has 114 valence electrons. The van der Waals surface area contributed by atoms with Gasteiger partial charge in [-0.05, 0) is 12.8 Å². The number of aliphatic hydroxyl groups is 1. The van der Waals surface area contributed by atoms with Crippen LogP contribution in [-0.2, 0) is 0 Å². The maximum atomic E-state index is 12.2. The van der Waals surface area contributed by atoms with Gasteiger partial charge in [-0.15, -0.1) is 0 Å². The first-order valence-electron chi connectivity index (χ1n) is 6.52. The molecule has 2 unspecified atom stereocenters. The van der Waals surface area contributed by atoms with Gasteiger partial charge in [0.25, 0.3) is 11.6 Å². The monoisotopic (exact) mass is 332 g/mol. The van der Waals surface area contributed by atoms with Gasteiger partial charge in [-0.3, -0.25) is 14.9 Å². The fraction of sp³-hybridized carbons (Fsp3) is 0.462. The van der Waals surface area contributed by atoms with Crippen LogP contribution in [0.1, 0.15) is 36.0 Å². The van der Waals surface area contributed by atoms with Crippen molar-refractivity contribution in [3.8, 4) is 0 Å². The van der Waals surface area contributed by atoms with Crippen LogP contribution in [0.25, 0.3) is 0 Å². The number of aliphatic hydroxyl groups excluding tert-OH is 1. The number of halogens is 2. The summed E-state index contributed by atoms with van der Waals surface area (Å²) in [5.41, 5.74) is -0.368. The van der Waals surface area contributed by atoms with Crippen LogP contribution in [0.5, 0.6) is 0 Å². The van der Waals surface area contributed by atoms with Gasteiger partial charge in [0.2, 0.25) is 0 Å². The number of nitrogens with one attached hydrogen (secondary N) is 1. The van der Waals surface area contributed by atoms with E-state index in [2.05, 4.69) is 5.32 Å². The van der Waals surface area contributed by atoms with Crippen molar-refractivity contribution in [2.45, 2.75) is 37.8 Å². The molecule has 21 heavy (non-hydrogen) atoms. The summed E-state index contributed by atoms with van der Waals surface area (Å²) < 4.78 is 0. The molecule has 2 rings (SSSR count). The summed E-state index contributed by atoms with van der Waals surface area (Å²) >= 11 is 11.8. The molecule has 0 saturated heterocycles. The standard InChI is InChI=1S/C13H14Cl2N2O4/c14-9-6-7(17(20)21)5-8(12(9)15)13(19)16-10-3-1-2-4-11(10)18/h5-6,10-11,18H,1-4H2,(H,16,19). The van der Waals surface area contributed by atoms with Crippen molar-refractivity contribution in [2.75, 3.05) is 0 Å². The van der Waals surface area contributed by atoms with E-state index in [9.17, 15) is 20.0 Å². The van der Waals surface area contributed by atoms with Crippen LogP contribution in [0.3, 0.4) is 0 Å². The van der Waals surface area contributed by atoms with Crippen LogP contribution in [0.2, 0.25) is 10.0 Å². The van der Waals surface area contributed by atoms with E-state index < -0.39 is 16.9 Å². The Morgan fingerprint density at radius 3 is 2.62 bits per heavy atom. The molecule has 0 bridgehead atoms. The lowest BCUT2D eigenvalue weighted by Gasteiger charge is -2.28. The smallest absolute Gasteiger partial charge is 0.271 e. The van der Waals surface area contributed by atoms with Gasteiger partial charge in [-0.1, -0.05) is 36.0 Å². The van der Waals surface area contributed by atoms with Crippen LogP contribution in [0.4, 0.5) is 5.69 Å². The molecule has 1 aliphatic rings. The average Bonchev–Trinajstić information content (AvgIpc) is 2.43. The number of carbonyl (C=O) groups is 1. The van der Waals surface area contributed by atoms with E-state index in [0.717, 1.165) is 25.0 Å². The molecule has 0 aromatic heterocycles. The van der Waals surface area contributed by atoms with Crippen molar-refractivity contribution < 1.29 is 14.8 Å². The summed E-state index contributed by atoms with van der Waals surface area (Å²) in [5.74, 6) is -0.573. The molecular formula is C13H14Cl2N2O4. The predicted octanol–water partition coefficient (Wildman–Crippen LogP) is 2.93. The first kappa shape index (κ1) is 16.0. The second-order valence-electron chi connectivity index (χ2n) is 4.98. The molecule has 1 amide bonds. The third kappa shape index (κ3) is 3.64. The fourth-order valence-electron chi connectivity index (χ4n) is 2.37. The van der Waals surface area contributed by atoms with Crippen LogP contribution in [-0.4, -0.2) is 28.1 Å². The Morgan fingerprint density at radius 2 is 2.00 bits per heavy atom. The molecule has 1 fully saturated rings. The molecule has 1 aliphatic carbocycles. The van der Waals surface area contributed by atoms with Crippen LogP contribution in [0, 0.1) is 10.1 Å². The molecule has 8 heteroatoms. The Hall–Kier alpha value is -1.37. The molecule has 1 aromatic rings. The molecule has 0 heterocycles. The lowest BCUT2D eigenvalue weighted by Crippen LogP contribution is -2.45. The van der Waals surface area contributed by atoms with Gasteiger partial charge >= 0.3 is 0 Å². The third-order valence-corrected chi connectivity index (χ3v) is 4.32. The zero-order chi connectivity index (χ0) is 15.6. The fourth-order valence-corrected chi connectivity index (χ4v) is 2.78. The zero-order valence-electron chi connectivity index (χ0n) is 11.0. The Morgan fingerprint density at radius 1 is 1.33 bits per heavy atom. The third-order valence-electron chi connectivity index (χ3n) is 3.51. The van der Waals surface area contributed by atoms with Crippen molar-refractivity contribution in [1.29, 1.82) is 0 Å². The summed E-state index contributed by atoms with van der Waals surface area (Å²) in [6.07, 6.45) is 2.49. The highest BCUT2D eigenvalue weighted by Crippen LogP contribution is 2.31. The van der Waals surface area contributed by atoms with Gasteiger partial charge in [0.15, 0.2) is 0 Å². The lowest BCUT2D eigenvalue weighted by atomic mass is 9.92. The van der Waals surface area contributed by atoms with Gasteiger partial charge in [-0.2, -0.15) is 0 Å². The molecule has 6 nitrogen and oxygen atoms in total. The van der Waals surface area contributed by atoms with Gasteiger partial charge in [0, 0.05) is 12.1 Å². The number of rotatable bonds is 3. The summed E-state index contributed by atoms with van der Waals surface area (Å²) in [4.78, 5) is 22.4. The minimum atomic E-state index is -0.644. The van der Waals surface area contributed by atoms with Gasteiger partial charge in [0.05, 0.1) is 32.7 Å². The molecule has 1 aromatic carbocycles. The number of benzene rings is 1. The number of hydrogen-bond acceptors (Lipinski definition) is 4. The normalized spacial score (nSPS) is 21.9. The van der Waals surface area contributed by atoms with Crippen molar-refractivity contribution in [2.24, 2.45) is 0 Å². The molecule has 0 spiro atoms. The Bertz CT molecular complexity index is 580. The maximum Gasteiger partial charge on any atom is 0.271 e. The van der Waals surface area contributed by atoms with Crippen molar-refractivity contribution >= 4 is 34.8 Å². The second kappa shape index (κ2) is 6.60. The molecule has 1 saturated carbocycles. The molecule has 0 aliphatic heterocycles. The van der Waals surface area contributed by atoms with E-state index >= 15 is 0 Å². The highest BCUT2D eigenvalue weighted by molar-refractivity contribution is 6.44. The van der Waals surface area contributed by atoms with Crippen LogP contribution < -0.4 is 5.32 Å². The van der Waals surface area contributed by atoms with E-state index in [4.69, 9.17) is 23.2 Å². The number of carbonyl (C=O) groups excluding carboxylic acids is 1. The Labute approximate surface area is 131 Å². The number of nitro benzene ring substituents is 1. The van der Waals surface area contributed by atoms with Crippen LogP contribution in [0.15, 0.2) is 12.1 Å². The summed E-state index contributed by atoms with van der Waals surface area (Å²) in [7, 11) is 0. The number of hydrogen-bond donors (Lipinski definition) is 2. The minimum absolute atomic E-state index is 0.0370. The number of nitro groups is 1. The minimum Gasteiger partial charge on any atom is -0.391 e. The van der Waals surface area contributed by atoms with Gasteiger partial charge in [0.1, 0.15) is 0 Å². The first-order valence-corrected chi connectivity index (χ1v) is 7.28. The highest BCUT2D eigenvalue weighted by atomic mass is 35.5. The maximum absolute atomic E-state index is 12.2. The summed E-state index contributed by atoms with van der Waals surface area (Å²) in [5, 5.41) is 23.2. The van der Waals surface area contributed by atoms with E-state index in [-0.39, 0.29) is 27.3 Å². The van der Waals surface area contributed by atoms with E-state index in [0.29, 0.717) is 12.8 Å². The lowest BCUT2D eigenvalue weighted by molar-refractivity contribution is -0.384. The van der Waals surface area contributed by atoms with Crippen LogP contribution >= 0.6 is 23.2 Å². The van der Waals surface area contributed by atoms with E-state index in [1.165, 1.54) is 0 Å². The van der Waals surface area contributed by atoms with E-state index in [1.807, 2.05) is 0 Å². The summed E-state index contributed by atoms with van der Waals surface area (Å²) in [6, 6.07) is 1.80. The predicted molar refractivity (Wildman–Crippen MR) is 78.8 cm³/mol. The average molecular weight is 333 g/mol. The largest absolute Gasteiger partial charge is 0.391 e. The first-order chi connectivity index (χ1) is 9.90. The number of amides is 1. The molecule has 2 atom stereocenters. The van der Waals surface area contributed by atoms with Crippen molar-refractivity contribution in [3.05, 3.63) is 37.9 Å². The van der Waals surface area contributed by atoms with Crippen molar-refractivity contribution in [3.63, 3.8) is 0 Å². The molecule has 0 radical (unpaired) electrons. The Balaban J connectivity index is 2.24. The highest BCUT2D eigenvalue weighted by Gasteiger charge is 2.27.